The molecule has 2 N–H and O–H groups in total. The first-order valence-electron chi connectivity index (χ1n) is 11.7. The van der Waals surface area contributed by atoms with E-state index in [9.17, 15) is 4.79 Å². The summed E-state index contributed by atoms with van der Waals surface area (Å²) in [5.74, 6) is 0.131. The number of aryl methyl sites for hydroxylation is 1. The average molecular weight is 442 g/mol. The summed E-state index contributed by atoms with van der Waals surface area (Å²) in [6.07, 6.45) is 4.69. The summed E-state index contributed by atoms with van der Waals surface area (Å²) in [4.78, 5) is 25.0. The number of aromatic nitrogens is 2. The van der Waals surface area contributed by atoms with Gasteiger partial charge in [0.1, 0.15) is 0 Å². The van der Waals surface area contributed by atoms with Crippen molar-refractivity contribution in [3.05, 3.63) is 77.2 Å². The third-order valence-corrected chi connectivity index (χ3v) is 6.67. The van der Waals surface area contributed by atoms with Gasteiger partial charge in [-0.2, -0.15) is 0 Å². The second-order valence-corrected chi connectivity index (χ2v) is 9.08. The summed E-state index contributed by atoms with van der Waals surface area (Å²) in [6, 6.07) is 14.7. The summed E-state index contributed by atoms with van der Waals surface area (Å²) in [5, 5.41) is 6.87. The Balaban J connectivity index is 1.30. The number of benzene rings is 2. The molecular weight excluding hydrogens is 410 g/mol. The highest BCUT2D eigenvalue weighted by molar-refractivity contribution is 5.99. The minimum Gasteiger partial charge on any atom is -0.358 e. The zero-order valence-corrected chi connectivity index (χ0v) is 19.4. The van der Waals surface area contributed by atoms with E-state index in [1.165, 1.54) is 33.0 Å². The maximum Gasteiger partial charge on any atom is 0.253 e. The number of hydrogen-bond donors (Lipinski definition) is 2. The molecule has 6 nitrogen and oxygen atoms in total. The highest BCUT2D eigenvalue weighted by atomic mass is 16.2. The Morgan fingerprint density at radius 3 is 2.79 bits per heavy atom. The molecule has 1 fully saturated rings. The molecule has 0 bridgehead atoms. The van der Waals surface area contributed by atoms with Gasteiger partial charge in [0.15, 0.2) is 0 Å². The Hall–Kier alpha value is -3.22. The molecule has 2 aromatic heterocycles. The fourth-order valence-electron chi connectivity index (χ4n) is 4.81. The molecule has 1 aliphatic heterocycles. The van der Waals surface area contributed by atoms with Crippen LogP contribution in [0.1, 0.15) is 27.2 Å². The predicted molar refractivity (Wildman–Crippen MR) is 134 cm³/mol. The van der Waals surface area contributed by atoms with Gasteiger partial charge in [0.05, 0.1) is 0 Å². The lowest BCUT2D eigenvalue weighted by molar-refractivity contribution is 0.0736. The minimum atomic E-state index is 0.131. The number of H-pyrrole nitrogens is 1. The number of piperazine rings is 1. The van der Waals surface area contributed by atoms with Crippen LogP contribution in [0.5, 0.6) is 0 Å². The third kappa shape index (κ3) is 4.63. The van der Waals surface area contributed by atoms with E-state index in [0.717, 1.165) is 56.8 Å². The monoisotopic (exact) mass is 441 g/mol. The zero-order valence-electron chi connectivity index (χ0n) is 19.4. The smallest absolute Gasteiger partial charge is 0.253 e. The SMILES string of the molecule is Cc1[nH]c2ccc(C(=O)N3CCNCC3)cc2c1CCN(C)Cc1ccc2ccncc2c1. The van der Waals surface area contributed by atoms with Gasteiger partial charge in [-0.1, -0.05) is 12.1 Å². The Morgan fingerprint density at radius 1 is 1.09 bits per heavy atom. The molecule has 0 aliphatic carbocycles. The van der Waals surface area contributed by atoms with Crippen molar-refractivity contribution >= 4 is 27.6 Å². The van der Waals surface area contributed by atoms with Gasteiger partial charge >= 0.3 is 0 Å². The Labute approximate surface area is 194 Å². The molecule has 2 aromatic carbocycles. The maximum absolute atomic E-state index is 13.0. The van der Waals surface area contributed by atoms with Gasteiger partial charge in [0.25, 0.3) is 5.91 Å². The number of fused-ring (bicyclic) bond motifs is 2. The fraction of sp³-hybridized carbons (Fsp3) is 0.333. The molecule has 33 heavy (non-hydrogen) atoms. The molecule has 0 saturated carbocycles. The first kappa shape index (κ1) is 21.6. The third-order valence-electron chi connectivity index (χ3n) is 6.67. The second-order valence-electron chi connectivity index (χ2n) is 9.08. The van der Waals surface area contributed by atoms with E-state index in [1.54, 1.807) is 0 Å². The van der Waals surface area contributed by atoms with Crippen LogP contribution in [0.25, 0.3) is 21.7 Å². The van der Waals surface area contributed by atoms with Crippen LogP contribution in [0.3, 0.4) is 0 Å². The molecular formula is C27H31N5O. The number of carbonyl (C=O) groups excluding carboxylic acids is 1. The lowest BCUT2D eigenvalue weighted by Crippen LogP contribution is -2.46. The normalized spacial score (nSPS) is 14.5. The van der Waals surface area contributed by atoms with Crippen LogP contribution < -0.4 is 5.32 Å². The Morgan fingerprint density at radius 2 is 1.94 bits per heavy atom. The van der Waals surface area contributed by atoms with E-state index >= 15 is 0 Å². The van der Waals surface area contributed by atoms with Crippen molar-refractivity contribution in [1.82, 2.24) is 25.1 Å². The molecule has 170 valence electrons. The van der Waals surface area contributed by atoms with Crippen LogP contribution >= 0.6 is 0 Å². The molecule has 1 amide bonds. The molecule has 4 aromatic rings. The van der Waals surface area contributed by atoms with Gasteiger partial charge in [-0.25, -0.2) is 0 Å². The van der Waals surface area contributed by atoms with E-state index < -0.39 is 0 Å². The van der Waals surface area contributed by atoms with Crippen molar-refractivity contribution in [3.63, 3.8) is 0 Å². The molecule has 6 heteroatoms. The molecule has 0 spiro atoms. The van der Waals surface area contributed by atoms with Crippen LogP contribution in [0, 0.1) is 6.92 Å². The van der Waals surface area contributed by atoms with E-state index in [1.807, 2.05) is 35.5 Å². The van der Waals surface area contributed by atoms with Crippen molar-refractivity contribution in [1.29, 1.82) is 0 Å². The van der Waals surface area contributed by atoms with Gasteiger partial charge in [-0.3, -0.25) is 9.78 Å². The van der Waals surface area contributed by atoms with Crippen molar-refractivity contribution in [3.8, 4) is 0 Å². The lowest BCUT2D eigenvalue weighted by Gasteiger charge is -2.27. The van der Waals surface area contributed by atoms with E-state index in [2.05, 4.69) is 58.4 Å². The number of aromatic amines is 1. The lowest BCUT2D eigenvalue weighted by atomic mass is 10.0. The van der Waals surface area contributed by atoms with Crippen LogP contribution in [-0.2, 0) is 13.0 Å². The standard InChI is InChI=1S/C27H31N5O/c1-19-24(8-12-31(2)18-20-3-4-21-7-9-29-17-23(21)15-20)25-16-22(5-6-26(25)30-19)27(33)32-13-10-28-11-14-32/h3-7,9,15-17,28,30H,8,10-14,18H2,1-2H3. The van der Waals surface area contributed by atoms with Crippen LogP contribution in [0.15, 0.2) is 54.9 Å². The van der Waals surface area contributed by atoms with Gasteiger partial charge in [-0.05, 0) is 67.2 Å². The maximum atomic E-state index is 13.0. The minimum absolute atomic E-state index is 0.131. The van der Waals surface area contributed by atoms with E-state index in [4.69, 9.17) is 0 Å². The van der Waals surface area contributed by atoms with Crippen molar-refractivity contribution in [2.24, 2.45) is 0 Å². The van der Waals surface area contributed by atoms with Gasteiger partial charge in [-0.15, -0.1) is 0 Å². The van der Waals surface area contributed by atoms with Crippen LogP contribution in [0.2, 0.25) is 0 Å². The zero-order chi connectivity index (χ0) is 22.8. The summed E-state index contributed by atoms with van der Waals surface area (Å²) in [5.41, 5.74) is 5.65. The number of nitrogens with zero attached hydrogens (tertiary/aromatic N) is 3. The average Bonchev–Trinajstić information content (AvgIpc) is 3.16. The largest absolute Gasteiger partial charge is 0.358 e. The summed E-state index contributed by atoms with van der Waals surface area (Å²) in [7, 11) is 2.16. The Bertz CT molecular complexity index is 1290. The topological polar surface area (TPSA) is 64.3 Å². The second kappa shape index (κ2) is 9.33. The Kier molecular flexibility index (Phi) is 6.11. The summed E-state index contributed by atoms with van der Waals surface area (Å²) < 4.78 is 0. The summed E-state index contributed by atoms with van der Waals surface area (Å²) >= 11 is 0. The molecule has 0 atom stereocenters. The number of rotatable bonds is 6. The van der Waals surface area contributed by atoms with Crippen LogP contribution in [0.4, 0.5) is 0 Å². The highest BCUT2D eigenvalue weighted by Crippen LogP contribution is 2.25. The van der Waals surface area contributed by atoms with Crippen molar-refractivity contribution in [2.75, 3.05) is 39.8 Å². The molecule has 0 radical (unpaired) electrons. The summed E-state index contributed by atoms with van der Waals surface area (Å²) in [6.45, 7) is 7.22. The number of carbonyl (C=O) groups is 1. The first-order chi connectivity index (χ1) is 16.1. The number of pyridine rings is 1. The molecule has 5 rings (SSSR count). The predicted octanol–water partition coefficient (Wildman–Crippen LogP) is 3.74. The number of amides is 1. The first-order valence-corrected chi connectivity index (χ1v) is 11.7. The number of hydrogen-bond acceptors (Lipinski definition) is 4. The van der Waals surface area contributed by atoms with E-state index in [0.29, 0.717) is 0 Å². The number of likely N-dealkylation sites (N-methyl/N-ethyl adjacent to an activating group) is 1. The molecule has 1 aliphatic rings. The van der Waals surface area contributed by atoms with Crippen LogP contribution in [-0.4, -0.2) is 65.4 Å². The van der Waals surface area contributed by atoms with E-state index in [-0.39, 0.29) is 5.91 Å². The van der Waals surface area contributed by atoms with Gasteiger partial charge in [0, 0.05) is 79.2 Å². The highest BCUT2D eigenvalue weighted by Gasteiger charge is 2.19. The number of nitrogens with one attached hydrogen (secondary N) is 2. The molecule has 1 saturated heterocycles. The van der Waals surface area contributed by atoms with Crippen molar-refractivity contribution in [2.45, 2.75) is 19.9 Å². The van der Waals surface area contributed by atoms with Gasteiger partial charge < -0.3 is 20.1 Å². The molecule has 0 unspecified atom stereocenters. The fourth-order valence-corrected chi connectivity index (χ4v) is 4.81. The quantitative estimate of drug-likeness (QED) is 0.478. The van der Waals surface area contributed by atoms with Gasteiger partial charge in [0.2, 0.25) is 0 Å². The molecule has 3 heterocycles. The van der Waals surface area contributed by atoms with Crippen molar-refractivity contribution < 1.29 is 4.79 Å².